The molecule has 1 saturated carbocycles. The van der Waals surface area contributed by atoms with Gasteiger partial charge in [-0.05, 0) is 33.1 Å². The van der Waals surface area contributed by atoms with Crippen molar-refractivity contribution >= 4 is 18.0 Å². The van der Waals surface area contributed by atoms with E-state index in [1.54, 1.807) is 20.8 Å². The summed E-state index contributed by atoms with van der Waals surface area (Å²) in [6.07, 6.45) is -0.642. The van der Waals surface area contributed by atoms with Crippen molar-refractivity contribution in [3.05, 3.63) is 0 Å². The summed E-state index contributed by atoms with van der Waals surface area (Å²) in [5.74, 6) is -0.924. The summed E-state index contributed by atoms with van der Waals surface area (Å²) in [6, 6.07) is -0.735. The van der Waals surface area contributed by atoms with E-state index in [2.05, 4.69) is 15.4 Å². The van der Waals surface area contributed by atoms with Gasteiger partial charge < -0.3 is 30.0 Å². The summed E-state index contributed by atoms with van der Waals surface area (Å²) in [4.78, 5) is 36.0. The molecule has 3 atom stereocenters. The van der Waals surface area contributed by atoms with Gasteiger partial charge in [0.1, 0.15) is 5.60 Å². The molecule has 0 spiro atoms. The minimum Gasteiger partial charge on any atom is -0.450 e. The fraction of sp³-hybridized carbons (Fsp3) is 0.824. The Balaban J connectivity index is 2.84. The molecule has 0 saturated heterocycles. The molecule has 9 nitrogen and oxygen atoms in total. The predicted octanol–water partition coefficient (Wildman–Crippen LogP) is 0.692. The number of esters is 1. The van der Waals surface area contributed by atoms with Gasteiger partial charge in [-0.3, -0.25) is 9.59 Å². The quantitative estimate of drug-likeness (QED) is 0.401. The Labute approximate surface area is 153 Å². The summed E-state index contributed by atoms with van der Waals surface area (Å²) in [5.41, 5.74) is -0.698. The molecule has 26 heavy (non-hydrogen) atoms. The van der Waals surface area contributed by atoms with Crippen LogP contribution in [0.2, 0.25) is 0 Å². The number of alkyl carbamates (subject to hydrolysis) is 1. The van der Waals surface area contributed by atoms with E-state index in [1.807, 2.05) is 0 Å². The lowest BCUT2D eigenvalue weighted by Crippen LogP contribution is -2.54. The lowest BCUT2D eigenvalue weighted by atomic mass is 10.0. The van der Waals surface area contributed by atoms with Crippen molar-refractivity contribution in [1.82, 2.24) is 10.6 Å². The molecule has 9 heteroatoms. The molecule has 2 amide bonds. The van der Waals surface area contributed by atoms with E-state index < -0.39 is 42.0 Å². The lowest BCUT2D eigenvalue weighted by molar-refractivity contribution is -0.156. The molecule has 1 rings (SSSR count). The van der Waals surface area contributed by atoms with Crippen LogP contribution in [0.15, 0.2) is 0 Å². The zero-order valence-electron chi connectivity index (χ0n) is 16.0. The molecule has 0 heterocycles. The van der Waals surface area contributed by atoms with Crippen LogP contribution in [0.5, 0.6) is 0 Å². The smallest absolute Gasteiger partial charge is 0.408 e. The first-order valence-electron chi connectivity index (χ1n) is 8.67. The van der Waals surface area contributed by atoms with Gasteiger partial charge in [-0.2, -0.15) is 0 Å². The van der Waals surface area contributed by atoms with Gasteiger partial charge in [0, 0.05) is 14.0 Å². The summed E-state index contributed by atoms with van der Waals surface area (Å²) in [6.45, 7) is 6.20. The van der Waals surface area contributed by atoms with E-state index in [4.69, 9.17) is 9.47 Å². The summed E-state index contributed by atoms with van der Waals surface area (Å²) in [5, 5.41) is 14.5. The molecule has 3 N–H and O–H groups in total. The van der Waals surface area contributed by atoms with E-state index in [0.29, 0.717) is 12.3 Å². The minimum absolute atomic E-state index is 0.171. The summed E-state index contributed by atoms with van der Waals surface area (Å²) >= 11 is 0. The standard InChI is InChI=1S/C17H30N2O7/c1-10(20)25-14(15(22)18-9-13(21)24-5)12(8-11-6-7-11)19-16(23)26-17(2,3)4/h11-14,21H,6-9H2,1-5H3,(H,18,22)(H,19,23). The Morgan fingerprint density at radius 3 is 2.31 bits per heavy atom. The normalized spacial score (nSPS) is 17.6. The zero-order chi connectivity index (χ0) is 19.9. The van der Waals surface area contributed by atoms with Crippen LogP contribution in [0.4, 0.5) is 4.79 Å². The van der Waals surface area contributed by atoms with Crippen LogP contribution in [-0.4, -0.2) is 60.8 Å². The number of rotatable bonds is 9. The molecule has 0 radical (unpaired) electrons. The first-order chi connectivity index (χ1) is 12.0. The number of ether oxygens (including phenoxy) is 3. The van der Waals surface area contributed by atoms with Crippen molar-refractivity contribution in [3.8, 4) is 0 Å². The number of carbonyl (C=O) groups excluding carboxylic acids is 3. The third kappa shape index (κ3) is 9.00. The van der Waals surface area contributed by atoms with E-state index in [9.17, 15) is 19.5 Å². The van der Waals surface area contributed by atoms with Gasteiger partial charge in [-0.1, -0.05) is 12.8 Å². The molecular weight excluding hydrogens is 344 g/mol. The Bertz CT molecular complexity index is 500. The molecule has 150 valence electrons. The summed E-state index contributed by atoms with van der Waals surface area (Å²) in [7, 11) is 1.29. The van der Waals surface area contributed by atoms with Crippen LogP contribution in [0.3, 0.4) is 0 Å². The SMILES string of the molecule is COC(O)CNC(=O)C(OC(C)=O)C(CC1CC1)NC(=O)OC(C)(C)C. The number of aliphatic hydroxyl groups is 1. The number of hydrogen-bond acceptors (Lipinski definition) is 7. The van der Waals surface area contributed by atoms with Crippen molar-refractivity contribution < 1.29 is 33.7 Å². The molecule has 1 aliphatic carbocycles. The van der Waals surface area contributed by atoms with Gasteiger partial charge in [0.25, 0.3) is 5.91 Å². The van der Waals surface area contributed by atoms with Crippen LogP contribution in [0, 0.1) is 5.92 Å². The highest BCUT2D eigenvalue weighted by Crippen LogP contribution is 2.34. The third-order valence-electron chi connectivity index (χ3n) is 3.63. The number of hydrogen-bond donors (Lipinski definition) is 3. The van der Waals surface area contributed by atoms with Crippen molar-refractivity contribution in [1.29, 1.82) is 0 Å². The molecule has 1 fully saturated rings. The highest BCUT2D eigenvalue weighted by atomic mass is 16.6. The van der Waals surface area contributed by atoms with Crippen LogP contribution in [0.1, 0.15) is 47.0 Å². The highest BCUT2D eigenvalue weighted by molar-refractivity contribution is 5.85. The van der Waals surface area contributed by atoms with E-state index in [1.165, 1.54) is 14.0 Å². The van der Waals surface area contributed by atoms with E-state index in [-0.39, 0.29) is 6.54 Å². The third-order valence-corrected chi connectivity index (χ3v) is 3.63. The average molecular weight is 374 g/mol. The Hall–Kier alpha value is -1.87. The van der Waals surface area contributed by atoms with Gasteiger partial charge >= 0.3 is 12.1 Å². The fourth-order valence-electron chi connectivity index (χ4n) is 2.30. The maximum absolute atomic E-state index is 12.5. The van der Waals surface area contributed by atoms with E-state index >= 15 is 0 Å². The van der Waals surface area contributed by atoms with Gasteiger partial charge in [-0.25, -0.2) is 4.79 Å². The van der Waals surface area contributed by atoms with Gasteiger partial charge in [-0.15, -0.1) is 0 Å². The van der Waals surface area contributed by atoms with Crippen molar-refractivity contribution in [2.45, 2.75) is 71.0 Å². The molecule has 0 aromatic carbocycles. The first kappa shape index (κ1) is 22.2. The number of methoxy groups -OCH3 is 1. The zero-order valence-corrected chi connectivity index (χ0v) is 16.0. The largest absolute Gasteiger partial charge is 0.450 e. The lowest BCUT2D eigenvalue weighted by Gasteiger charge is -2.28. The Morgan fingerprint density at radius 1 is 1.23 bits per heavy atom. The number of aliphatic hydroxyl groups excluding tert-OH is 1. The van der Waals surface area contributed by atoms with Crippen molar-refractivity contribution in [3.63, 3.8) is 0 Å². The van der Waals surface area contributed by atoms with Crippen LogP contribution in [0.25, 0.3) is 0 Å². The molecule has 0 bridgehead atoms. The van der Waals surface area contributed by atoms with Gasteiger partial charge in [0.2, 0.25) is 0 Å². The average Bonchev–Trinajstić information content (AvgIpc) is 3.31. The second kappa shape index (κ2) is 9.72. The first-order valence-corrected chi connectivity index (χ1v) is 8.67. The number of nitrogens with one attached hydrogen (secondary N) is 2. The number of amides is 2. The van der Waals surface area contributed by atoms with Gasteiger partial charge in [0.15, 0.2) is 12.4 Å². The Morgan fingerprint density at radius 2 is 1.85 bits per heavy atom. The highest BCUT2D eigenvalue weighted by Gasteiger charge is 2.37. The Kier molecular flexibility index (Phi) is 8.29. The summed E-state index contributed by atoms with van der Waals surface area (Å²) < 4.78 is 15.1. The molecule has 1 aliphatic rings. The maximum atomic E-state index is 12.5. The topological polar surface area (TPSA) is 123 Å². The van der Waals surface area contributed by atoms with Crippen molar-refractivity contribution in [2.75, 3.05) is 13.7 Å². The fourth-order valence-corrected chi connectivity index (χ4v) is 2.30. The molecule has 3 unspecified atom stereocenters. The van der Waals surface area contributed by atoms with Crippen LogP contribution >= 0.6 is 0 Å². The minimum atomic E-state index is -1.23. The molecule has 0 aromatic heterocycles. The predicted molar refractivity (Wildman–Crippen MR) is 92.1 cm³/mol. The van der Waals surface area contributed by atoms with Crippen molar-refractivity contribution in [2.24, 2.45) is 5.92 Å². The second-order valence-corrected chi connectivity index (χ2v) is 7.40. The second-order valence-electron chi connectivity index (χ2n) is 7.40. The molecule has 0 aliphatic heterocycles. The van der Waals surface area contributed by atoms with E-state index in [0.717, 1.165) is 12.8 Å². The van der Waals surface area contributed by atoms with Crippen LogP contribution < -0.4 is 10.6 Å². The molecular formula is C17H30N2O7. The maximum Gasteiger partial charge on any atom is 0.408 e. The van der Waals surface area contributed by atoms with Gasteiger partial charge in [0.05, 0.1) is 12.6 Å². The molecule has 0 aromatic rings. The number of carbonyl (C=O) groups is 3. The monoisotopic (exact) mass is 374 g/mol. The van der Waals surface area contributed by atoms with Crippen LogP contribution in [-0.2, 0) is 23.8 Å².